The molecule has 0 radical (unpaired) electrons. The Bertz CT molecular complexity index is 783. The standard InChI is InChI=1S/C19H21N3OS/c1-11-8-14(9-12(2)18(11)23)17-16(15-6-4-5-7-20-15)21-19-22(17)10-13(3)24-19/h4-9,13,16-17,23H,10H2,1-3H3/t13-,16+,17-/m0/s1. The summed E-state index contributed by atoms with van der Waals surface area (Å²) in [6, 6.07) is 10.3. The number of amidine groups is 1. The van der Waals surface area contributed by atoms with E-state index in [-0.39, 0.29) is 12.1 Å². The molecule has 1 N–H and O–H groups in total. The van der Waals surface area contributed by atoms with Gasteiger partial charge in [0.15, 0.2) is 5.17 Å². The Balaban J connectivity index is 1.81. The topological polar surface area (TPSA) is 48.7 Å². The first kappa shape index (κ1) is 15.5. The number of hydrogen-bond acceptors (Lipinski definition) is 5. The van der Waals surface area contributed by atoms with Crippen LogP contribution in [-0.2, 0) is 0 Å². The Morgan fingerprint density at radius 3 is 2.62 bits per heavy atom. The number of hydrogen-bond donors (Lipinski definition) is 1. The van der Waals surface area contributed by atoms with Crippen molar-refractivity contribution in [3.05, 3.63) is 58.9 Å². The van der Waals surface area contributed by atoms with Crippen LogP contribution in [0.3, 0.4) is 0 Å². The second-order valence-corrected chi connectivity index (χ2v) is 8.05. The number of benzene rings is 1. The fraction of sp³-hybridized carbons (Fsp3) is 0.368. The zero-order valence-electron chi connectivity index (χ0n) is 14.1. The third kappa shape index (κ3) is 2.47. The smallest absolute Gasteiger partial charge is 0.160 e. The van der Waals surface area contributed by atoms with Crippen molar-refractivity contribution in [1.29, 1.82) is 0 Å². The summed E-state index contributed by atoms with van der Waals surface area (Å²) < 4.78 is 0. The minimum atomic E-state index is 0.00421. The van der Waals surface area contributed by atoms with Crippen molar-refractivity contribution in [2.45, 2.75) is 38.1 Å². The van der Waals surface area contributed by atoms with E-state index in [4.69, 9.17) is 4.99 Å². The molecule has 24 heavy (non-hydrogen) atoms. The summed E-state index contributed by atoms with van der Waals surface area (Å²) in [5.41, 5.74) is 4.03. The van der Waals surface area contributed by atoms with Gasteiger partial charge in [-0.25, -0.2) is 0 Å². The van der Waals surface area contributed by atoms with Crippen LogP contribution in [0.5, 0.6) is 5.75 Å². The lowest BCUT2D eigenvalue weighted by molar-refractivity contribution is 0.320. The van der Waals surface area contributed by atoms with E-state index >= 15 is 0 Å². The van der Waals surface area contributed by atoms with Crippen LogP contribution in [0.25, 0.3) is 0 Å². The highest BCUT2D eigenvalue weighted by Gasteiger charge is 2.43. The van der Waals surface area contributed by atoms with Crippen molar-refractivity contribution in [3.63, 3.8) is 0 Å². The van der Waals surface area contributed by atoms with E-state index in [1.54, 1.807) is 0 Å². The van der Waals surface area contributed by atoms with E-state index in [0.29, 0.717) is 11.0 Å². The Kier molecular flexibility index (Phi) is 3.76. The van der Waals surface area contributed by atoms with Gasteiger partial charge in [-0.3, -0.25) is 9.98 Å². The highest BCUT2D eigenvalue weighted by molar-refractivity contribution is 8.14. The molecule has 0 unspecified atom stereocenters. The third-order valence-corrected chi connectivity index (χ3v) is 5.84. The molecule has 0 spiro atoms. The van der Waals surface area contributed by atoms with E-state index in [1.807, 2.05) is 43.9 Å². The maximum Gasteiger partial charge on any atom is 0.160 e. The number of aliphatic imine (C=N–C) groups is 1. The van der Waals surface area contributed by atoms with Gasteiger partial charge in [-0.2, -0.15) is 0 Å². The number of nitrogens with zero attached hydrogens (tertiary/aromatic N) is 3. The lowest BCUT2D eigenvalue weighted by atomic mass is 9.93. The summed E-state index contributed by atoms with van der Waals surface area (Å²) in [7, 11) is 0. The van der Waals surface area contributed by atoms with Crippen molar-refractivity contribution >= 4 is 16.9 Å². The molecule has 2 aliphatic heterocycles. The monoisotopic (exact) mass is 339 g/mol. The van der Waals surface area contributed by atoms with Crippen molar-refractivity contribution in [3.8, 4) is 5.75 Å². The Morgan fingerprint density at radius 2 is 1.96 bits per heavy atom. The van der Waals surface area contributed by atoms with Crippen LogP contribution in [0.2, 0.25) is 0 Å². The van der Waals surface area contributed by atoms with Crippen LogP contribution in [0.15, 0.2) is 41.5 Å². The van der Waals surface area contributed by atoms with Gasteiger partial charge in [-0.05, 0) is 42.7 Å². The number of thioether (sulfide) groups is 1. The summed E-state index contributed by atoms with van der Waals surface area (Å²) in [5, 5.41) is 11.8. The number of rotatable bonds is 2. The molecule has 2 aliphatic rings. The molecule has 3 heterocycles. The molecule has 4 nitrogen and oxygen atoms in total. The SMILES string of the molecule is Cc1cc([C@H]2[C@@H](c3ccccn3)N=C3S[C@@H](C)CN32)cc(C)c1O. The van der Waals surface area contributed by atoms with Gasteiger partial charge in [0.05, 0.1) is 11.7 Å². The van der Waals surface area contributed by atoms with Gasteiger partial charge in [-0.1, -0.05) is 36.9 Å². The summed E-state index contributed by atoms with van der Waals surface area (Å²) in [4.78, 5) is 11.9. The van der Waals surface area contributed by atoms with Gasteiger partial charge in [-0.15, -0.1) is 0 Å². The van der Waals surface area contributed by atoms with E-state index in [9.17, 15) is 5.11 Å². The molecule has 5 heteroatoms. The van der Waals surface area contributed by atoms with Gasteiger partial charge in [0.25, 0.3) is 0 Å². The van der Waals surface area contributed by atoms with Gasteiger partial charge < -0.3 is 10.0 Å². The lowest BCUT2D eigenvalue weighted by Gasteiger charge is -2.28. The molecular weight excluding hydrogens is 318 g/mol. The minimum Gasteiger partial charge on any atom is -0.507 e. The average molecular weight is 339 g/mol. The van der Waals surface area contributed by atoms with Gasteiger partial charge in [0.1, 0.15) is 11.8 Å². The fourth-order valence-corrected chi connectivity index (χ4v) is 4.73. The fourth-order valence-electron chi connectivity index (χ4n) is 3.64. The van der Waals surface area contributed by atoms with Crippen molar-refractivity contribution in [2.75, 3.05) is 6.54 Å². The van der Waals surface area contributed by atoms with E-state index < -0.39 is 0 Å². The summed E-state index contributed by atoms with van der Waals surface area (Å²) in [6.07, 6.45) is 1.83. The Hall–Kier alpha value is -2.01. The highest BCUT2D eigenvalue weighted by Crippen LogP contribution is 2.48. The van der Waals surface area contributed by atoms with Crippen LogP contribution in [-0.4, -0.2) is 32.0 Å². The quantitative estimate of drug-likeness (QED) is 0.899. The first-order valence-electron chi connectivity index (χ1n) is 8.26. The summed E-state index contributed by atoms with van der Waals surface area (Å²) in [6.45, 7) is 7.15. The first-order chi connectivity index (χ1) is 11.5. The Labute approximate surface area is 146 Å². The minimum absolute atomic E-state index is 0.00421. The normalized spacial score (nSPS) is 25.7. The predicted molar refractivity (Wildman–Crippen MR) is 98.5 cm³/mol. The summed E-state index contributed by atoms with van der Waals surface area (Å²) >= 11 is 1.84. The molecule has 0 aliphatic carbocycles. The molecule has 0 bridgehead atoms. The second kappa shape index (κ2) is 5.81. The molecule has 124 valence electrons. The molecule has 4 rings (SSSR count). The molecular formula is C19H21N3OS. The van der Waals surface area contributed by atoms with Gasteiger partial charge in [0.2, 0.25) is 0 Å². The third-order valence-electron chi connectivity index (χ3n) is 4.74. The molecule has 0 amide bonds. The van der Waals surface area contributed by atoms with Crippen molar-refractivity contribution < 1.29 is 5.11 Å². The number of aromatic nitrogens is 1. The van der Waals surface area contributed by atoms with Crippen LogP contribution in [0.4, 0.5) is 0 Å². The van der Waals surface area contributed by atoms with Gasteiger partial charge in [0, 0.05) is 18.0 Å². The second-order valence-electron chi connectivity index (χ2n) is 6.64. The van der Waals surface area contributed by atoms with Gasteiger partial charge >= 0.3 is 0 Å². The van der Waals surface area contributed by atoms with Crippen LogP contribution in [0.1, 0.15) is 41.4 Å². The van der Waals surface area contributed by atoms with Crippen LogP contribution >= 0.6 is 11.8 Å². The first-order valence-corrected chi connectivity index (χ1v) is 9.14. The molecule has 2 aromatic rings. The van der Waals surface area contributed by atoms with Crippen LogP contribution in [0, 0.1) is 13.8 Å². The Morgan fingerprint density at radius 1 is 1.21 bits per heavy atom. The molecule has 1 saturated heterocycles. The molecule has 1 aromatic heterocycles. The maximum absolute atomic E-state index is 10.1. The van der Waals surface area contributed by atoms with Crippen LogP contribution < -0.4 is 0 Å². The predicted octanol–water partition coefficient (Wildman–Crippen LogP) is 3.99. The zero-order valence-corrected chi connectivity index (χ0v) is 14.9. The number of phenols is 1. The van der Waals surface area contributed by atoms with E-state index in [0.717, 1.165) is 28.5 Å². The number of aromatic hydroxyl groups is 1. The van der Waals surface area contributed by atoms with Crippen molar-refractivity contribution in [1.82, 2.24) is 9.88 Å². The maximum atomic E-state index is 10.1. The average Bonchev–Trinajstić information content (AvgIpc) is 3.08. The zero-order chi connectivity index (χ0) is 16.8. The number of fused-ring (bicyclic) bond motifs is 1. The molecule has 1 aromatic carbocycles. The lowest BCUT2D eigenvalue weighted by Crippen LogP contribution is -2.28. The summed E-state index contributed by atoms with van der Waals surface area (Å²) in [5.74, 6) is 0.386. The highest BCUT2D eigenvalue weighted by atomic mass is 32.2. The van der Waals surface area contributed by atoms with E-state index in [2.05, 4.69) is 35.0 Å². The van der Waals surface area contributed by atoms with Crippen molar-refractivity contribution in [2.24, 2.45) is 4.99 Å². The van der Waals surface area contributed by atoms with E-state index in [1.165, 1.54) is 5.56 Å². The number of phenolic OH excluding ortho intramolecular Hbond substituents is 1. The molecule has 1 fully saturated rings. The molecule has 0 saturated carbocycles. The number of aryl methyl sites for hydroxylation is 2. The number of pyridine rings is 1. The largest absolute Gasteiger partial charge is 0.507 e. The molecule has 3 atom stereocenters.